The molecular weight excluding hydrogens is 359 g/mol. The molecule has 5 heteroatoms. The lowest BCUT2D eigenvalue weighted by Crippen LogP contribution is -2.29. The summed E-state index contributed by atoms with van der Waals surface area (Å²) in [5, 5.41) is 2.73. The Bertz CT molecular complexity index is 344. The van der Waals surface area contributed by atoms with Crippen LogP contribution in [0.4, 0.5) is 0 Å². The molecule has 0 atom stereocenters. The van der Waals surface area contributed by atoms with E-state index in [2.05, 4.69) is 43.8 Å². The summed E-state index contributed by atoms with van der Waals surface area (Å²) in [6, 6.07) is 5.59. The zero-order chi connectivity index (χ0) is 10.6. The number of carbonyl (C=O) groups is 1. The normalized spacial score (nSPS) is 9.93. The Morgan fingerprint density at radius 1 is 1.57 bits per heavy atom. The van der Waals surface area contributed by atoms with E-state index in [4.69, 9.17) is 5.73 Å². The van der Waals surface area contributed by atoms with Gasteiger partial charge >= 0.3 is 0 Å². The summed E-state index contributed by atoms with van der Waals surface area (Å²) in [4.78, 5) is 11.6. The van der Waals surface area contributed by atoms with E-state index in [0.717, 1.165) is 8.04 Å². The minimum atomic E-state index is -0.0823. The quantitative estimate of drug-likeness (QED) is 0.798. The van der Waals surface area contributed by atoms with E-state index in [0.29, 0.717) is 18.7 Å². The number of hydrogen-bond donors (Lipinski definition) is 2. The van der Waals surface area contributed by atoms with Crippen molar-refractivity contribution in [3.05, 3.63) is 31.8 Å². The molecule has 1 aromatic carbocycles. The molecule has 0 unspecified atom stereocenters. The molecule has 0 aliphatic heterocycles. The summed E-state index contributed by atoms with van der Waals surface area (Å²) in [6.07, 6.45) is 0. The van der Waals surface area contributed by atoms with Crippen molar-refractivity contribution >= 4 is 44.4 Å². The van der Waals surface area contributed by atoms with Gasteiger partial charge in [-0.05, 0) is 40.8 Å². The molecule has 0 fully saturated rings. The van der Waals surface area contributed by atoms with Crippen LogP contribution >= 0.6 is 38.5 Å². The maximum absolute atomic E-state index is 11.6. The number of nitrogens with one attached hydrogen (secondary N) is 1. The van der Waals surface area contributed by atoms with Crippen LogP contribution < -0.4 is 11.1 Å². The Kier molecular flexibility index (Phi) is 4.83. The molecule has 0 saturated heterocycles. The standard InChI is InChI=1S/C9H10BrIN2O/c10-6-1-2-8(11)7(5-6)9(14)13-4-3-12/h1-2,5H,3-4,12H2,(H,13,14). The Labute approximate surface area is 105 Å². The van der Waals surface area contributed by atoms with Gasteiger partial charge in [0.05, 0.1) is 5.56 Å². The summed E-state index contributed by atoms with van der Waals surface area (Å²) in [7, 11) is 0. The first-order valence-corrected chi connectivity index (χ1v) is 5.95. The Hall–Kier alpha value is -0.140. The largest absolute Gasteiger partial charge is 0.351 e. The summed E-state index contributed by atoms with van der Waals surface area (Å²) >= 11 is 5.46. The van der Waals surface area contributed by atoms with Gasteiger partial charge in [-0.15, -0.1) is 0 Å². The first-order chi connectivity index (χ1) is 6.65. The maximum atomic E-state index is 11.6. The fraction of sp³-hybridized carbons (Fsp3) is 0.222. The molecule has 0 heterocycles. The molecule has 14 heavy (non-hydrogen) atoms. The first-order valence-electron chi connectivity index (χ1n) is 4.08. The van der Waals surface area contributed by atoms with Crippen molar-refractivity contribution in [2.75, 3.05) is 13.1 Å². The van der Waals surface area contributed by atoms with Gasteiger partial charge in [0.25, 0.3) is 5.91 Å². The second-order valence-corrected chi connectivity index (χ2v) is 4.75. The Morgan fingerprint density at radius 2 is 2.29 bits per heavy atom. The van der Waals surface area contributed by atoms with Gasteiger partial charge in [-0.25, -0.2) is 0 Å². The smallest absolute Gasteiger partial charge is 0.252 e. The topological polar surface area (TPSA) is 55.1 Å². The van der Waals surface area contributed by atoms with Crippen molar-refractivity contribution in [1.29, 1.82) is 0 Å². The average molecular weight is 369 g/mol. The first kappa shape index (κ1) is 11.9. The molecule has 0 saturated carbocycles. The fourth-order valence-corrected chi connectivity index (χ4v) is 1.89. The van der Waals surface area contributed by atoms with Crippen LogP contribution in [-0.2, 0) is 0 Å². The number of halogens is 2. The van der Waals surface area contributed by atoms with Crippen LogP contribution in [0.5, 0.6) is 0 Å². The van der Waals surface area contributed by atoms with Crippen molar-refractivity contribution < 1.29 is 4.79 Å². The van der Waals surface area contributed by atoms with Crippen molar-refractivity contribution in [3.8, 4) is 0 Å². The minimum Gasteiger partial charge on any atom is -0.351 e. The molecular formula is C9H10BrIN2O. The monoisotopic (exact) mass is 368 g/mol. The molecule has 0 aromatic heterocycles. The second-order valence-electron chi connectivity index (χ2n) is 2.67. The minimum absolute atomic E-state index is 0.0823. The second kappa shape index (κ2) is 5.67. The molecule has 76 valence electrons. The number of nitrogens with two attached hydrogens (primary N) is 1. The molecule has 0 spiro atoms. The van der Waals surface area contributed by atoms with Gasteiger partial charge in [0, 0.05) is 21.1 Å². The van der Waals surface area contributed by atoms with Crippen molar-refractivity contribution in [1.82, 2.24) is 5.32 Å². The molecule has 1 rings (SSSR count). The van der Waals surface area contributed by atoms with Crippen LogP contribution in [-0.4, -0.2) is 19.0 Å². The highest BCUT2D eigenvalue weighted by Crippen LogP contribution is 2.18. The van der Waals surface area contributed by atoms with E-state index >= 15 is 0 Å². The zero-order valence-electron chi connectivity index (χ0n) is 7.39. The van der Waals surface area contributed by atoms with Crippen LogP contribution in [0.1, 0.15) is 10.4 Å². The number of amides is 1. The van der Waals surface area contributed by atoms with Gasteiger partial charge in [0.15, 0.2) is 0 Å². The van der Waals surface area contributed by atoms with Crippen LogP contribution in [0.25, 0.3) is 0 Å². The zero-order valence-corrected chi connectivity index (χ0v) is 11.1. The molecule has 0 aliphatic rings. The molecule has 0 bridgehead atoms. The van der Waals surface area contributed by atoms with E-state index < -0.39 is 0 Å². The van der Waals surface area contributed by atoms with E-state index in [9.17, 15) is 4.79 Å². The number of rotatable bonds is 3. The lowest BCUT2D eigenvalue weighted by molar-refractivity contribution is 0.0954. The van der Waals surface area contributed by atoms with Crippen molar-refractivity contribution in [3.63, 3.8) is 0 Å². The predicted octanol–water partition coefficient (Wildman–Crippen LogP) is 1.74. The summed E-state index contributed by atoms with van der Waals surface area (Å²) < 4.78 is 1.83. The third kappa shape index (κ3) is 3.21. The Balaban J connectivity index is 2.83. The fourth-order valence-electron chi connectivity index (χ4n) is 0.952. The van der Waals surface area contributed by atoms with E-state index in [-0.39, 0.29) is 5.91 Å². The number of benzene rings is 1. The summed E-state index contributed by atoms with van der Waals surface area (Å²) in [5.74, 6) is -0.0823. The number of carbonyl (C=O) groups excluding carboxylic acids is 1. The highest BCUT2D eigenvalue weighted by atomic mass is 127. The van der Waals surface area contributed by atoms with Crippen LogP contribution in [0.3, 0.4) is 0 Å². The SMILES string of the molecule is NCCNC(=O)c1cc(Br)ccc1I. The molecule has 3 nitrogen and oxygen atoms in total. The van der Waals surface area contributed by atoms with Gasteiger partial charge in [0.1, 0.15) is 0 Å². The molecule has 0 radical (unpaired) electrons. The van der Waals surface area contributed by atoms with E-state index in [1.54, 1.807) is 6.07 Å². The van der Waals surface area contributed by atoms with Crippen molar-refractivity contribution in [2.45, 2.75) is 0 Å². The van der Waals surface area contributed by atoms with Gasteiger partial charge < -0.3 is 11.1 Å². The molecule has 3 N–H and O–H groups in total. The third-order valence-electron chi connectivity index (χ3n) is 1.60. The average Bonchev–Trinajstić information content (AvgIpc) is 2.18. The van der Waals surface area contributed by atoms with Gasteiger partial charge in [-0.3, -0.25) is 4.79 Å². The summed E-state index contributed by atoms with van der Waals surface area (Å²) in [5.41, 5.74) is 5.97. The van der Waals surface area contributed by atoms with Crippen molar-refractivity contribution in [2.24, 2.45) is 5.73 Å². The molecule has 1 amide bonds. The van der Waals surface area contributed by atoms with Gasteiger partial charge in [0.2, 0.25) is 0 Å². The molecule has 0 aliphatic carbocycles. The van der Waals surface area contributed by atoms with E-state index in [1.165, 1.54) is 0 Å². The van der Waals surface area contributed by atoms with Crippen LogP contribution in [0.2, 0.25) is 0 Å². The van der Waals surface area contributed by atoms with Crippen LogP contribution in [0.15, 0.2) is 22.7 Å². The molecule has 1 aromatic rings. The highest BCUT2D eigenvalue weighted by Gasteiger charge is 2.08. The van der Waals surface area contributed by atoms with E-state index in [1.807, 2.05) is 12.1 Å². The van der Waals surface area contributed by atoms with Gasteiger partial charge in [-0.2, -0.15) is 0 Å². The lowest BCUT2D eigenvalue weighted by Gasteiger charge is -2.05. The Morgan fingerprint density at radius 3 is 2.93 bits per heavy atom. The third-order valence-corrected chi connectivity index (χ3v) is 3.04. The van der Waals surface area contributed by atoms with Gasteiger partial charge in [-0.1, -0.05) is 15.9 Å². The highest BCUT2D eigenvalue weighted by molar-refractivity contribution is 14.1. The maximum Gasteiger partial charge on any atom is 0.252 e. The predicted molar refractivity (Wildman–Crippen MR) is 68.2 cm³/mol. The van der Waals surface area contributed by atoms with Crippen LogP contribution in [0, 0.1) is 3.57 Å². The number of hydrogen-bond acceptors (Lipinski definition) is 2. The lowest BCUT2D eigenvalue weighted by atomic mass is 10.2. The summed E-state index contributed by atoms with van der Waals surface area (Å²) in [6.45, 7) is 0.956.